The van der Waals surface area contributed by atoms with Crippen molar-refractivity contribution in [3.63, 3.8) is 0 Å². The van der Waals surface area contributed by atoms with Crippen LogP contribution in [0.4, 0.5) is 13.2 Å². The van der Waals surface area contributed by atoms with E-state index in [1.807, 2.05) is 0 Å². The largest absolute Gasteiger partial charge is 0.490 e. The van der Waals surface area contributed by atoms with Gasteiger partial charge in [-0.3, -0.25) is 9.18 Å². The molecule has 6 atom stereocenters. The first-order valence-electron chi connectivity index (χ1n) is 11.6. The van der Waals surface area contributed by atoms with Gasteiger partial charge in [0, 0.05) is 43.9 Å². The van der Waals surface area contributed by atoms with E-state index >= 15 is 0 Å². The molecule has 1 saturated heterocycles. The minimum Gasteiger partial charge on any atom is -0.490 e. The molecule has 0 aromatic heterocycles. The molecule has 1 aliphatic carbocycles. The molecule has 202 valence electrons. The number of carbonyl (C=O) groups is 1. The number of fused-ring (bicyclic) bond motifs is 1. The molecule has 1 aromatic rings. The Kier molecular flexibility index (Phi) is 10.5. The van der Waals surface area contributed by atoms with Gasteiger partial charge < -0.3 is 39.2 Å². The van der Waals surface area contributed by atoms with Gasteiger partial charge in [-0.2, -0.15) is 0 Å². The van der Waals surface area contributed by atoms with E-state index in [1.165, 1.54) is 6.92 Å². The van der Waals surface area contributed by atoms with E-state index in [-0.39, 0.29) is 43.3 Å². The van der Waals surface area contributed by atoms with Gasteiger partial charge in [-0.05, 0) is 25.5 Å². The third-order valence-electron chi connectivity index (χ3n) is 5.99. The van der Waals surface area contributed by atoms with E-state index < -0.39 is 60.8 Å². The number of methoxy groups -OCH3 is 1. The van der Waals surface area contributed by atoms with E-state index in [4.69, 9.17) is 23.7 Å². The number of aliphatic hydroxyl groups is 2. The highest BCUT2D eigenvalue weighted by Gasteiger charge is 2.54. The number of carbonyl (C=O) groups excluding carboxylic acids is 1. The molecule has 1 heterocycles. The number of alkyl halides is 1. The van der Waals surface area contributed by atoms with Gasteiger partial charge >= 0.3 is 0 Å². The first-order valence-corrected chi connectivity index (χ1v) is 11.6. The van der Waals surface area contributed by atoms with Crippen LogP contribution in [0.15, 0.2) is 17.7 Å². The number of halogens is 3. The molecule has 2 fully saturated rings. The Bertz CT molecular complexity index is 918. The highest BCUT2D eigenvalue weighted by Crippen LogP contribution is 2.32. The lowest BCUT2D eigenvalue weighted by molar-refractivity contribution is -0.169. The number of hydrogen-bond donors (Lipinski definition) is 3. The van der Waals surface area contributed by atoms with E-state index in [9.17, 15) is 28.2 Å². The molecule has 9 nitrogen and oxygen atoms in total. The molecular weight excluding hydrogens is 487 g/mol. The number of hydrogen-bond acceptors (Lipinski definition) is 8. The van der Waals surface area contributed by atoms with Crippen molar-refractivity contribution in [1.29, 1.82) is 0 Å². The van der Waals surface area contributed by atoms with Crippen molar-refractivity contribution in [1.82, 2.24) is 5.32 Å². The number of nitrogens with one attached hydrogen (secondary N) is 1. The fourth-order valence-corrected chi connectivity index (χ4v) is 4.12. The van der Waals surface area contributed by atoms with E-state index in [0.29, 0.717) is 13.0 Å². The zero-order valence-electron chi connectivity index (χ0n) is 20.1. The van der Waals surface area contributed by atoms with Gasteiger partial charge in [-0.25, -0.2) is 8.78 Å². The average Bonchev–Trinajstić information content (AvgIpc) is 3.34. The number of aliphatic hydroxyl groups excluding tert-OH is 2. The van der Waals surface area contributed by atoms with Crippen LogP contribution in [-0.2, 0) is 23.7 Å². The van der Waals surface area contributed by atoms with Gasteiger partial charge in [0.15, 0.2) is 11.6 Å². The molecule has 3 N–H and O–H groups in total. The quantitative estimate of drug-likeness (QED) is 0.281. The van der Waals surface area contributed by atoms with E-state index in [1.54, 1.807) is 7.11 Å². The molecule has 2 aliphatic rings. The summed E-state index contributed by atoms with van der Waals surface area (Å²) in [6.45, 7) is 1.20. The fraction of sp³-hybridized carbons (Fsp3) is 0.625. The predicted molar refractivity (Wildman–Crippen MR) is 121 cm³/mol. The Morgan fingerprint density at radius 2 is 1.86 bits per heavy atom. The Labute approximate surface area is 207 Å². The van der Waals surface area contributed by atoms with Gasteiger partial charge in [0.25, 0.3) is 0 Å². The maximum absolute atomic E-state index is 14.5. The molecule has 36 heavy (non-hydrogen) atoms. The van der Waals surface area contributed by atoms with Gasteiger partial charge in [0.2, 0.25) is 5.91 Å². The lowest BCUT2D eigenvalue weighted by Crippen LogP contribution is -2.68. The summed E-state index contributed by atoms with van der Waals surface area (Å²) in [6, 6.07) is 0.619. The van der Waals surface area contributed by atoms with E-state index in [0.717, 1.165) is 18.2 Å². The van der Waals surface area contributed by atoms with Crippen molar-refractivity contribution >= 4 is 12.0 Å². The summed E-state index contributed by atoms with van der Waals surface area (Å²) in [5.74, 6) is -2.77. The maximum atomic E-state index is 14.5. The molecule has 1 saturated carbocycles. The monoisotopic (exact) mass is 519 g/mol. The second-order valence-electron chi connectivity index (χ2n) is 8.57. The number of amides is 1. The van der Waals surface area contributed by atoms with Crippen LogP contribution in [0.3, 0.4) is 0 Å². The van der Waals surface area contributed by atoms with Gasteiger partial charge in [-0.15, -0.1) is 0 Å². The summed E-state index contributed by atoms with van der Waals surface area (Å²) >= 11 is 0. The van der Waals surface area contributed by atoms with Crippen LogP contribution in [0.1, 0.15) is 25.3 Å². The first kappa shape index (κ1) is 28.4. The second kappa shape index (κ2) is 13.4. The minimum absolute atomic E-state index is 0.00457. The molecule has 3 rings (SSSR count). The molecule has 0 radical (unpaired) electrons. The Morgan fingerprint density at radius 1 is 1.11 bits per heavy atom. The average molecular weight is 520 g/mol. The molecule has 1 amide bonds. The molecular formula is C24H32F3NO8. The lowest BCUT2D eigenvalue weighted by atomic mass is 9.82. The molecule has 0 unspecified atom stereocenters. The van der Waals surface area contributed by atoms with Crippen LogP contribution in [-0.4, -0.2) is 93.1 Å². The molecule has 1 aromatic carbocycles. The Hall–Kier alpha value is -2.22. The normalized spacial score (nSPS) is 28.1. The third-order valence-corrected chi connectivity index (χ3v) is 5.99. The number of ether oxygens (including phenoxy) is 5. The Morgan fingerprint density at radius 3 is 2.58 bits per heavy atom. The predicted octanol–water partition coefficient (Wildman–Crippen LogP) is 1.49. The zero-order chi connectivity index (χ0) is 26.2. The SMILES string of the molecule is COCCCO[C@@H]1[C@H](NC(=O)/C(C)=C/c2cc(F)c(OCCCF)cc2F)[C@H](O)[C@@H](O)[C@H]2OCO[C@H]21. The van der Waals surface area contributed by atoms with Gasteiger partial charge in [0.05, 0.1) is 19.3 Å². The standard InChI is InChI=1S/C24H32F3NO8/c1-13(9-14-10-16(27)17(11-15(14)26)33-7-3-5-25)24(31)28-18-19(29)20(30)22-23(36-12-35-22)21(18)34-8-4-6-32-2/h9-11,18-23,29-30H,3-8,12H2,1-2H3,(H,28,31)/b13-9+/t18-,19+,20-,21-,22-,23+/m1/s1. The van der Waals surface area contributed by atoms with Crippen molar-refractivity contribution in [3.8, 4) is 5.75 Å². The summed E-state index contributed by atoms with van der Waals surface area (Å²) in [5, 5.41) is 23.8. The van der Waals surface area contributed by atoms with Crippen LogP contribution in [0.2, 0.25) is 0 Å². The summed E-state index contributed by atoms with van der Waals surface area (Å²) in [6.07, 6.45) is -3.48. The highest BCUT2D eigenvalue weighted by atomic mass is 19.1. The maximum Gasteiger partial charge on any atom is 0.247 e. The van der Waals surface area contributed by atoms with Crippen molar-refractivity contribution in [2.24, 2.45) is 0 Å². The summed E-state index contributed by atoms with van der Waals surface area (Å²) in [5.41, 5.74) is -0.202. The lowest BCUT2D eigenvalue weighted by Gasteiger charge is -2.43. The summed E-state index contributed by atoms with van der Waals surface area (Å²) < 4.78 is 67.9. The van der Waals surface area contributed by atoms with Crippen LogP contribution >= 0.6 is 0 Å². The molecule has 12 heteroatoms. The van der Waals surface area contributed by atoms with Crippen LogP contribution in [0.25, 0.3) is 6.08 Å². The van der Waals surface area contributed by atoms with Crippen molar-refractivity contribution < 1.29 is 51.9 Å². The van der Waals surface area contributed by atoms with E-state index in [2.05, 4.69) is 5.32 Å². The fourth-order valence-electron chi connectivity index (χ4n) is 4.12. The molecule has 1 aliphatic heterocycles. The van der Waals surface area contributed by atoms with Crippen LogP contribution < -0.4 is 10.1 Å². The topological polar surface area (TPSA) is 116 Å². The van der Waals surface area contributed by atoms with Gasteiger partial charge in [-0.1, -0.05) is 0 Å². The Balaban J connectivity index is 1.74. The molecule has 0 spiro atoms. The number of rotatable bonds is 12. The minimum atomic E-state index is -1.44. The smallest absolute Gasteiger partial charge is 0.247 e. The second-order valence-corrected chi connectivity index (χ2v) is 8.57. The van der Waals surface area contributed by atoms with Crippen LogP contribution in [0, 0.1) is 11.6 Å². The summed E-state index contributed by atoms with van der Waals surface area (Å²) in [4.78, 5) is 12.9. The zero-order valence-corrected chi connectivity index (χ0v) is 20.1. The van der Waals surface area contributed by atoms with Crippen molar-refractivity contribution in [3.05, 3.63) is 34.9 Å². The van der Waals surface area contributed by atoms with Crippen molar-refractivity contribution in [2.45, 2.75) is 56.3 Å². The van der Waals surface area contributed by atoms with Gasteiger partial charge in [0.1, 0.15) is 43.1 Å². The van der Waals surface area contributed by atoms with Crippen LogP contribution in [0.5, 0.6) is 5.75 Å². The number of benzene rings is 1. The first-order chi connectivity index (χ1) is 17.3. The van der Waals surface area contributed by atoms with Crippen molar-refractivity contribution in [2.75, 3.05) is 40.4 Å². The molecule has 0 bridgehead atoms. The summed E-state index contributed by atoms with van der Waals surface area (Å²) in [7, 11) is 1.55. The highest BCUT2D eigenvalue weighted by molar-refractivity contribution is 5.97. The third kappa shape index (κ3) is 6.75.